The van der Waals surface area contributed by atoms with Crippen molar-refractivity contribution in [2.24, 2.45) is 0 Å². The Kier molecular flexibility index (Phi) is 3.17. The molecule has 0 aliphatic carbocycles. The van der Waals surface area contributed by atoms with Gasteiger partial charge in [0.15, 0.2) is 0 Å². The molecule has 0 saturated heterocycles. The summed E-state index contributed by atoms with van der Waals surface area (Å²) >= 11 is 3.37. The number of fused-ring (bicyclic) bond motifs is 1. The van der Waals surface area contributed by atoms with E-state index < -0.39 is 0 Å². The smallest absolute Gasteiger partial charge is 0.119 e. The van der Waals surface area contributed by atoms with E-state index in [4.69, 9.17) is 4.74 Å². The first-order valence-corrected chi connectivity index (χ1v) is 6.63. The van der Waals surface area contributed by atoms with Gasteiger partial charge in [-0.3, -0.25) is 0 Å². The highest BCUT2D eigenvalue weighted by atomic mass is 79.9. The lowest BCUT2D eigenvalue weighted by Crippen LogP contribution is -1.89. The summed E-state index contributed by atoms with van der Waals surface area (Å²) in [6, 6.07) is 15.6. The van der Waals surface area contributed by atoms with Crippen LogP contribution in [0.15, 0.2) is 53.1 Å². The van der Waals surface area contributed by atoms with Crippen LogP contribution in [0.25, 0.3) is 22.3 Å². The number of pyridine rings is 2. The van der Waals surface area contributed by atoms with Crippen LogP contribution >= 0.6 is 15.9 Å². The maximum Gasteiger partial charge on any atom is 0.119 e. The number of nitrogens with zero attached hydrogens (tertiary/aromatic N) is 2. The van der Waals surface area contributed by atoms with Gasteiger partial charge in [0.2, 0.25) is 0 Å². The highest BCUT2D eigenvalue weighted by molar-refractivity contribution is 9.10. The molecule has 3 nitrogen and oxygen atoms in total. The van der Waals surface area contributed by atoms with Crippen LogP contribution in [0.2, 0.25) is 0 Å². The van der Waals surface area contributed by atoms with Crippen LogP contribution in [-0.4, -0.2) is 17.1 Å². The average Bonchev–Trinajstić information content (AvgIpc) is 2.46. The molecule has 3 rings (SSSR count). The second kappa shape index (κ2) is 4.97. The largest absolute Gasteiger partial charge is 0.497 e. The van der Waals surface area contributed by atoms with E-state index in [0.717, 1.165) is 32.6 Å². The third-order valence-electron chi connectivity index (χ3n) is 2.87. The molecule has 0 spiro atoms. The summed E-state index contributed by atoms with van der Waals surface area (Å²) < 4.78 is 6.01. The van der Waals surface area contributed by atoms with Crippen molar-refractivity contribution in [2.45, 2.75) is 0 Å². The van der Waals surface area contributed by atoms with Gasteiger partial charge in [0, 0.05) is 5.39 Å². The zero-order valence-corrected chi connectivity index (χ0v) is 11.9. The predicted molar refractivity (Wildman–Crippen MR) is 79.2 cm³/mol. The van der Waals surface area contributed by atoms with Crippen LogP contribution < -0.4 is 4.74 Å². The number of methoxy groups -OCH3 is 1. The molecule has 94 valence electrons. The Morgan fingerprint density at radius 3 is 2.58 bits per heavy atom. The number of hydrogen-bond donors (Lipinski definition) is 0. The van der Waals surface area contributed by atoms with Crippen LogP contribution in [0.5, 0.6) is 5.75 Å². The van der Waals surface area contributed by atoms with Crippen molar-refractivity contribution < 1.29 is 4.74 Å². The van der Waals surface area contributed by atoms with E-state index >= 15 is 0 Å². The summed E-state index contributed by atoms with van der Waals surface area (Å²) in [6.07, 6.45) is 0. The second-order valence-corrected chi connectivity index (χ2v) is 4.91. The standard InChI is InChI=1S/C15H11BrN2O/c1-19-11-6-8-12-10(9-11)5-7-14(17-12)13-3-2-4-15(16)18-13/h2-9H,1H3. The Morgan fingerprint density at radius 1 is 0.947 bits per heavy atom. The van der Waals surface area contributed by atoms with Crippen molar-refractivity contribution in [3.05, 3.63) is 53.1 Å². The van der Waals surface area contributed by atoms with Crippen molar-refractivity contribution in [2.75, 3.05) is 7.11 Å². The molecule has 0 aliphatic rings. The lowest BCUT2D eigenvalue weighted by atomic mass is 10.1. The van der Waals surface area contributed by atoms with E-state index in [1.54, 1.807) is 7.11 Å². The van der Waals surface area contributed by atoms with Gasteiger partial charge < -0.3 is 4.74 Å². The topological polar surface area (TPSA) is 35.0 Å². The van der Waals surface area contributed by atoms with E-state index in [2.05, 4.69) is 25.9 Å². The normalized spacial score (nSPS) is 10.6. The summed E-state index contributed by atoms with van der Waals surface area (Å²) in [4.78, 5) is 9.04. The van der Waals surface area contributed by atoms with E-state index in [-0.39, 0.29) is 0 Å². The molecule has 1 aromatic carbocycles. The van der Waals surface area contributed by atoms with Crippen molar-refractivity contribution in [3.63, 3.8) is 0 Å². The molecule has 19 heavy (non-hydrogen) atoms. The quantitative estimate of drug-likeness (QED) is 0.669. The highest BCUT2D eigenvalue weighted by Gasteiger charge is 2.04. The molecule has 4 heteroatoms. The molecule has 2 heterocycles. The van der Waals surface area contributed by atoms with Gasteiger partial charge in [0.25, 0.3) is 0 Å². The number of benzene rings is 1. The van der Waals surface area contributed by atoms with Crippen LogP contribution in [0.3, 0.4) is 0 Å². The highest BCUT2D eigenvalue weighted by Crippen LogP contribution is 2.23. The first kappa shape index (κ1) is 12.1. The maximum absolute atomic E-state index is 5.21. The van der Waals surface area contributed by atoms with Crippen LogP contribution in [-0.2, 0) is 0 Å². The molecule has 2 aromatic heterocycles. The zero-order chi connectivity index (χ0) is 13.2. The van der Waals surface area contributed by atoms with E-state index in [1.165, 1.54) is 0 Å². The lowest BCUT2D eigenvalue weighted by Gasteiger charge is -2.05. The summed E-state index contributed by atoms with van der Waals surface area (Å²) in [7, 11) is 1.66. The molecule has 0 saturated carbocycles. The summed E-state index contributed by atoms with van der Waals surface area (Å²) in [5.74, 6) is 0.836. The fourth-order valence-electron chi connectivity index (χ4n) is 1.92. The van der Waals surface area contributed by atoms with E-state index in [1.807, 2.05) is 48.5 Å². The second-order valence-electron chi connectivity index (χ2n) is 4.10. The van der Waals surface area contributed by atoms with Gasteiger partial charge in [-0.05, 0) is 52.3 Å². The molecule has 3 aromatic rings. The van der Waals surface area contributed by atoms with E-state index in [0.29, 0.717) is 0 Å². The molecule has 0 N–H and O–H groups in total. The Bertz CT molecular complexity index is 743. The Balaban J connectivity index is 2.11. The average molecular weight is 315 g/mol. The fourth-order valence-corrected chi connectivity index (χ4v) is 2.27. The summed E-state index contributed by atoms with van der Waals surface area (Å²) in [5, 5.41) is 1.05. The number of halogens is 1. The third-order valence-corrected chi connectivity index (χ3v) is 3.32. The van der Waals surface area contributed by atoms with Gasteiger partial charge >= 0.3 is 0 Å². The van der Waals surface area contributed by atoms with Gasteiger partial charge in [0.1, 0.15) is 10.4 Å². The molecule has 0 radical (unpaired) electrons. The Morgan fingerprint density at radius 2 is 1.79 bits per heavy atom. The molecule has 0 amide bonds. The number of hydrogen-bond acceptors (Lipinski definition) is 3. The van der Waals surface area contributed by atoms with Crippen molar-refractivity contribution in [1.29, 1.82) is 0 Å². The molecule has 0 unspecified atom stereocenters. The first-order valence-electron chi connectivity index (χ1n) is 5.84. The van der Waals surface area contributed by atoms with Gasteiger partial charge in [-0.2, -0.15) is 0 Å². The molecule has 0 aliphatic heterocycles. The molecule has 0 fully saturated rings. The van der Waals surface area contributed by atoms with Crippen molar-refractivity contribution in [1.82, 2.24) is 9.97 Å². The third kappa shape index (κ3) is 2.44. The summed E-state index contributed by atoms with van der Waals surface area (Å²) in [6.45, 7) is 0. The molecular weight excluding hydrogens is 304 g/mol. The van der Waals surface area contributed by atoms with E-state index in [9.17, 15) is 0 Å². The Hall–Kier alpha value is -1.94. The monoisotopic (exact) mass is 314 g/mol. The van der Waals surface area contributed by atoms with Crippen molar-refractivity contribution >= 4 is 26.8 Å². The maximum atomic E-state index is 5.21. The number of rotatable bonds is 2. The van der Waals surface area contributed by atoms with Gasteiger partial charge in [-0.15, -0.1) is 0 Å². The predicted octanol–water partition coefficient (Wildman–Crippen LogP) is 4.07. The van der Waals surface area contributed by atoms with Crippen molar-refractivity contribution in [3.8, 4) is 17.1 Å². The minimum atomic E-state index is 0.807. The lowest BCUT2D eigenvalue weighted by molar-refractivity contribution is 0.415. The summed E-state index contributed by atoms with van der Waals surface area (Å²) in [5.41, 5.74) is 2.64. The number of aromatic nitrogens is 2. The molecule has 0 atom stereocenters. The minimum Gasteiger partial charge on any atom is -0.497 e. The Labute approximate surface area is 119 Å². The van der Waals surface area contributed by atoms with Gasteiger partial charge in [-0.1, -0.05) is 12.1 Å². The van der Waals surface area contributed by atoms with Crippen LogP contribution in [0, 0.1) is 0 Å². The zero-order valence-electron chi connectivity index (χ0n) is 10.3. The molecular formula is C15H11BrN2O. The first-order chi connectivity index (χ1) is 9.26. The minimum absolute atomic E-state index is 0.807. The van der Waals surface area contributed by atoms with Crippen LogP contribution in [0.1, 0.15) is 0 Å². The van der Waals surface area contributed by atoms with Gasteiger partial charge in [-0.25, -0.2) is 9.97 Å². The fraction of sp³-hybridized carbons (Fsp3) is 0.0667. The SMILES string of the molecule is COc1ccc2nc(-c3cccc(Br)n3)ccc2c1. The number of ether oxygens (including phenoxy) is 1. The van der Waals surface area contributed by atoms with Gasteiger partial charge in [0.05, 0.1) is 24.0 Å². The molecule has 0 bridgehead atoms. The van der Waals surface area contributed by atoms with Crippen LogP contribution in [0.4, 0.5) is 0 Å².